The summed E-state index contributed by atoms with van der Waals surface area (Å²) in [5, 5.41) is 4.56. The van der Waals surface area contributed by atoms with Crippen LogP contribution in [0.5, 0.6) is 0 Å². The average molecular weight is 255 g/mol. The molecule has 6 heteroatoms. The van der Waals surface area contributed by atoms with Crippen molar-refractivity contribution in [1.82, 2.24) is 9.78 Å². The Bertz CT molecular complexity index is 533. The summed E-state index contributed by atoms with van der Waals surface area (Å²) in [6.07, 6.45) is 4.46. The molecule has 1 aliphatic carbocycles. The number of sulfone groups is 1. The van der Waals surface area contributed by atoms with Crippen LogP contribution in [-0.2, 0) is 22.7 Å². The van der Waals surface area contributed by atoms with Crippen LogP contribution in [0.3, 0.4) is 0 Å². The first-order chi connectivity index (χ1) is 8.07. The summed E-state index contributed by atoms with van der Waals surface area (Å²) in [7, 11) is -2.81. The van der Waals surface area contributed by atoms with E-state index in [4.69, 9.17) is 5.73 Å². The van der Waals surface area contributed by atoms with Crippen molar-refractivity contribution in [2.75, 3.05) is 17.2 Å². The zero-order valence-corrected chi connectivity index (χ0v) is 10.5. The molecule has 5 nitrogen and oxygen atoms in total. The number of aromatic nitrogens is 2. The van der Waals surface area contributed by atoms with Gasteiger partial charge in [0, 0.05) is 5.56 Å². The molecule has 0 aromatic carbocycles. The Labute approximate surface area is 101 Å². The van der Waals surface area contributed by atoms with Crippen LogP contribution in [0.25, 0.3) is 0 Å². The molecule has 1 fully saturated rings. The zero-order valence-electron chi connectivity index (χ0n) is 9.72. The zero-order chi connectivity index (χ0) is 12.0. The van der Waals surface area contributed by atoms with E-state index in [2.05, 4.69) is 5.10 Å². The molecule has 0 radical (unpaired) electrons. The summed E-state index contributed by atoms with van der Waals surface area (Å²) >= 11 is 0. The molecule has 1 saturated heterocycles. The first kappa shape index (κ1) is 11.1. The van der Waals surface area contributed by atoms with Gasteiger partial charge in [0.2, 0.25) is 0 Å². The molecule has 2 aliphatic rings. The van der Waals surface area contributed by atoms with Gasteiger partial charge in [0.05, 0.1) is 23.2 Å². The average Bonchev–Trinajstić information content (AvgIpc) is 2.83. The van der Waals surface area contributed by atoms with E-state index in [9.17, 15) is 8.42 Å². The molecule has 0 bridgehead atoms. The number of hydrogen-bond acceptors (Lipinski definition) is 4. The SMILES string of the molecule is Nc1c2c(nn1C1CCS(=O)(=O)CC1)CCC2. The van der Waals surface area contributed by atoms with Crippen LogP contribution in [0.1, 0.15) is 36.6 Å². The van der Waals surface area contributed by atoms with E-state index in [0.717, 1.165) is 30.8 Å². The molecule has 0 unspecified atom stereocenters. The van der Waals surface area contributed by atoms with E-state index < -0.39 is 9.84 Å². The number of aryl methyl sites for hydroxylation is 1. The van der Waals surface area contributed by atoms with E-state index >= 15 is 0 Å². The molecule has 2 heterocycles. The van der Waals surface area contributed by atoms with Gasteiger partial charge in [-0.1, -0.05) is 0 Å². The van der Waals surface area contributed by atoms with Crippen LogP contribution < -0.4 is 5.73 Å². The lowest BCUT2D eigenvalue weighted by Gasteiger charge is -2.23. The number of nitrogens with zero attached hydrogens (tertiary/aromatic N) is 2. The highest BCUT2D eigenvalue weighted by Gasteiger charge is 2.29. The van der Waals surface area contributed by atoms with Crippen molar-refractivity contribution in [2.45, 2.75) is 38.1 Å². The topological polar surface area (TPSA) is 78.0 Å². The summed E-state index contributed by atoms with van der Waals surface area (Å²) in [6.45, 7) is 0. The molecule has 2 N–H and O–H groups in total. The van der Waals surface area contributed by atoms with E-state index in [0.29, 0.717) is 12.8 Å². The number of rotatable bonds is 1. The standard InChI is InChI=1S/C11H17N3O2S/c12-11-9-2-1-3-10(9)13-14(11)8-4-6-17(15,16)7-5-8/h8H,1-7,12H2. The van der Waals surface area contributed by atoms with E-state index in [-0.39, 0.29) is 17.5 Å². The molecule has 1 aromatic rings. The van der Waals surface area contributed by atoms with Gasteiger partial charge in [-0.3, -0.25) is 0 Å². The molecule has 0 amide bonds. The highest BCUT2D eigenvalue weighted by atomic mass is 32.2. The second-order valence-corrected chi connectivity index (χ2v) is 7.30. The summed E-state index contributed by atoms with van der Waals surface area (Å²) < 4.78 is 24.7. The third kappa shape index (κ3) is 1.84. The number of nitrogen functional groups attached to an aromatic ring is 1. The summed E-state index contributed by atoms with van der Waals surface area (Å²) in [5.74, 6) is 1.30. The summed E-state index contributed by atoms with van der Waals surface area (Å²) in [6, 6.07) is 0.170. The first-order valence-corrected chi connectivity index (χ1v) is 7.95. The van der Waals surface area contributed by atoms with Crippen molar-refractivity contribution in [3.05, 3.63) is 11.3 Å². The second-order valence-electron chi connectivity index (χ2n) is 4.99. The van der Waals surface area contributed by atoms with Gasteiger partial charge in [-0.25, -0.2) is 13.1 Å². The Hall–Kier alpha value is -1.04. The van der Waals surface area contributed by atoms with Crippen molar-refractivity contribution in [3.8, 4) is 0 Å². The molecule has 0 saturated carbocycles. The number of fused-ring (bicyclic) bond motifs is 1. The van der Waals surface area contributed by atoms with Crippen molar-refractivity contribution in [2.24, 2.45) is 0 Å². The minimum atomic E-state index is -2.81. The van der Waals surface area contributed by atoms with Gasteiger partial charge in [-0.15, -0.1) is 0 Å². The normalized spacial score (nSPS) is 23.8. The maximum Gasteiger partial charge on any atom is 0.150 e. The van der Waals surface area contributed by atoms with Crippen LogP contribution in [0.15, 0.2) is 0 Å². The van der Waals surface area contributed by atoms with Gasteiger partial charge in [0.1, 0.15) is 15.7 Å². The Morgan fingerprint density at radius 1 is 1.24 bits per heavy atom. The third-order valence-electron chi connectivity index (χ3n) is 3.84. The molecule has 17 heavy (non-hydrogen) atoms. The quantitative estimate of drug-likeness (QED) is 0.801. The van der Waals surface area contributed by atoms with Gasteiger partial charge < -0.3 is 5.73 Å². The molecule has 0 spiro atoms. The number of anilines is 1. The van der Waals surface area contributed by atoms with Crippen molar-refractivity contribution >= 4 is 15.7 Å². The minimum absolute atomic E-state index is 0.170. The fourth-order valence-electron chi connectivity index (χ4n) is 2.84. The lowest BCUT2D eigenvalue weighted by Crippen LogP contribution is -2.27. The maximum atomic E-state index is 11.4. The molecule has 1 aliphatic heterocycles. The monoisotopic (exact) mass is 255 g/mol. The van der Waals surface area contributed by atoms with Gasteiger partial charge in [-0.05, 0) is 32.1 Å². The smallest absolute Gasteiger partial charge is 0.150 e. The number of hydrogen-bond donors (Lipinski definition) is 1. The van der Waals surface area contributed by atoms with Crippen LogP contribution in [0.2, 0.25) is 0 Å². The van der Waals surface area contributed by atoms with E-state index in [1.165, 1.54) is 5.56 Å². The van der Waals surface area contributed by atoms with E-state index in [1.807, 2.05) is 4.68 Å². The molecule has 94 valence electrons. The third-order valence-corrected chi connectivity index (χ3v) is 5.56. The van der Waals surface area contributed by atoms with Gasteiger partial charge in [-0.2, -0.15) is 5.10 Å². The van der Waals surface area contributed by atoms with Crippen molar-refractivity contribution in [3.63, 3.8) is 0 Å². The van der Waals surface area contributed by atoms with Crippen LogP contribution >= 0.6 is 0 Å². The fourth-order valence-corrected chi connectivity index (χ4v) is 4.30. The molecular weight excluding hydrogens is 238 g/mol. The Morgan fingerprint density at radius 3 is 2.59 bits per heavy atom. The Morgan fingerprint density at radius 2 is 1.94 bits per heavy atom. The van der Waals surface area contributed by atoms with Gasteiger partial charge >= 0.3 is 0 Å². The Kier molecular flexibility index (Phi) is 2.43. The lowest BCUT2D eigenvalue weighted by molar-refractivity contribution is 0.415. The van der Waals surface area contributed by atoms with Crippen molar-refractivity contribution < 1.29 is 8.42 Å². The highest BCUT2D eigenvalue weighted by molar-refractivity contribution is 7.91. The van der Waals surface area contributed by atoms with Gasteiger partial charge in [0.15, 0.2) is 0 Å². The predicted octanol–water partition coefficient (Wildman–Crippen LogP) is 0.704. The molecule has 3 rings (SSSR count). The number of nitrogens with two attached hydrogens (primary N) is 1. The van der Waals surface area contributed by atoms with Crippen LogP contribution in [0.4, 0.5) is 5.82 Å². The van der Waals surface area contributed by atoms with Crippen molar-refractivity contribution in [1.29, 1.82) is 0 Å². The lowest BCUT2D eigenvalue weighted by atomic mass is 10.1. The highest BCUT2D eigenvalue weighted by Crippen LogP contribution is 2.32. The molecule has 0 atom stereocenters. The van der Waals surface area contributed by atoms with Gasteiger partial charge in [0.25, 0.3) is 0 Å². The largest absolute Gasteiger partial charge is 0.384 e. The second kappa shape index (κ2) is 3.73. The molecule has 1 aromatic heterocycles. The first-order valence-electron chi connectivity index (χ1n) is 6.13. The maximum absolute atomic E-state index is 11.4. The summed E-state index contributed by atoms with van der Waals surface area (Å²) in [5.41, 5.74) is 8.42. The van der Waals surface area contributed by atoms with E-state index in [1.54, 1.807) is 0 Å². The van der Waals surface area contributed by atoms with Crippen LogP contribution in [-0.4, -0.2) is 29.7 Å². The minimum Gasteiger partial charge on any atom is -0.384 e. The van der Waals surface area contributed by atoms with Crippen LogP contribution in [0, 0.1) is 0 Å². The predicted molar refractivity (Wildman–Crippen MR) is 65.6 cm³/mol. The fraction of sp³-hybridized carbons (Fsp3) is 0.727. The Balaban J connectivity index is 1.86. The summed E-state index contributed by atoms with van der Waals surface area (Å²) in [4.78, 5) is 0. The molecular formula is C11H17N3O2S.